The number of thiophene rings is 1. The molecule has 26 heavy (non-hydrogen) atoms. The van der Waals surface area contributed by atoms with Crippen molar-refractivity contribution in [1.29, 1.82) is 0 Å². The van der Waals surface area contributed by atoms with Crippen molar-refractivity contribution < 1.29 is 9.53 Å². The molecule has 1 aromatic heterocycles. The molecule has 0 saturated carbocycles. The van der Waals surface area contributed by atoms with Gasteiger partial charge in [-0.25, -0.2) is 4.79 Å². The Morgan fingerprint density at radius 3 is 2.42 bits per heavy atom. The quantitative estimate of drug-likeness (QED) is 0.242. The van der Waals surface area contributed by atoms with Crippen LogP contribution < -0.4 is 9.75 Å². The average Bonchev–Trinajstić information content (AvgIpc) is 2.91. The minimum Gasteiger partial charge on any atom is -0.462 e. The number of esters is 1. The zero-order chi connectivity index (χ0) is 19.5. The van der Waals surface area contributed by atoms with E-state index in [1.807, 2.05) is 6.07 Å². The molecule has 5 heteroatoms. The molecule has 1 rings (SSSR count). The molecule has 0 aliphatic heterocycles. The molecule has 146 valence electrons. The molecule has 1 unspecified atom stereocenters. The molecule has 0 saturated heterocycles. The van der Waals surface area contributed by atoms with Crippen LogP contribution in [0.25, 0.3) is 12.2 Å². The van der Waals surface area contributed by atoms with E-state index in [4.69, 9.17) is 4.74 Å². The third-order valence-electron chi connectivity index (χ3n) is 4.42. The molecule has 0 fully saturated rings. The van der Waals surface area contributed by atoms with Crippen LogP contribution in [0.4, 0.5) is 0 Å². The van der Waals surface area contributed by atoms with Gasteiger partial charge in [-0.3, -0.25) is 0 Å². The lowest BCUT2D eigenvalue weighted by molar-refractivity contribution is -0.138. The molecule has 1 heterocycles. The fourth-order valence-electron chi connectivity index (χ4n) is 2.92. The van der Waals surface area contributed by atoms with E-state index in [1.165, 1.54) is 43.4 Å². The maximum absolute atomic E-state index is 12.7. The van der Waals surface area contributed by atoms with Gasteiger partial charge in [0.15, 0.2) is 0 Å². The third-order valence-corrected chi connectivity index (χ3v) is 6.14. The van der Waals surface area contributed by atoms with Crippen molar-refractivity contribution in [2.75, 3.05) is 6.61 Å². The first kappa shape index (κ1) is 23.5. The maximum Gasteiger partial charge on any atom is 0.339 e. The number of thiol groups is 1. The predicted molar refractivity (Wildman–Crippen MR) is 121 cm³/mol. The molecule has 0 bridgehead atoms. The van der Waals surface area contributed by atoms with Crippen LogP contribution in [0.15, 0.2) is 21.3 Å². The lowest BCUT2D eigenvalue weighted by atomic mass is 9.96. The summed E-state index contributed by atoms with van der Waals surface area (Å²) < 4.78 is 7.41. The predicted octanol–water partition coefficient (Wildman–Crippen LogP) is 5.84. The van der Waals surface area contributed by atoms with Crippen molar-refractivity contribution in [3.8, 4) is 0 Å². The van der Waals surface area contributed by atoms with Gasteiger partial charge in [-0.15, -0.1) is 24.0 Å². The average molecular weight is 460 g/mol. The second kappa shape index (κ2) is 12.8. The summed E-state index contributed by atoms with van der Waals surface area (Å²) in [5.74, 6) is 0.0777. The van der Waals surface area contributed by atoms with Crippen molar-refractivity contribution in [3.63, 3.8) is 0 Å². The third kappa shape index (κ3) is 8.01. The monoisotopic (exact) mass is 458 g/mol. The lowest BCUT2D eigenvalue weighted by Gasteiger charge is -2.17. The highest BCUT2D eigenvalue weighted by atomic mass is 79.9. The summed E-state index contributed by atoms with van der Waals surface area (Å²) in [6.45, 7) is 12.7. The van der Waals surface area contributed by atoms with E-state index in [0.717, 1.165) is 32.8 Å². The number of ether oxygens (including phenoxy) is 1. The summed E-state index contributed by atoms with van der Waals surface area (Å²) in [6.07, 6.45) is 9.54. The molecule has 0 aliphatic carbocycles. The number of unbranched alkanes of at least 4 members (excludes halogenated alkanes) is 4. The van der Waals surface area contributed by atoms with E-state index < -0.39 is 0 Å². The Kier molecular flexibility index (Phi) is 11.6. The summed E-state index contributed by atoms with van der Waals surface area (Å²) in [6, 6.07) is 1.88. The minimum absolute atomic E-state index is 0.352. The Morgan fingerprint density at radius 2 is 1.88 bits per heavy atom. The smallest absolute Gasteiger partial charge is 0.339 e. The molecular formula is C21H31BrO2S2. The second-order valence-corrected chi connectivity index (χ2v) is 9.72. The van der Waals surface area contributed by atoms with Crippen molar-refractivity contribution in [3.05, 3.63) is 31.1 Å². The van der Waals surface area contributed by atoms with Gasteiger partial charge in [-0.1, -0.05) is 65.5 Å². The van der Waals surface area contributed by atoms with Gasteiger partial charge < -0.3 is 4.74 Å². The first-order valence-corrected chi connectivity index (χ1v) is 11.5. The van der Waals surface area contributed by atoms with Gasteiger partial charge in [0.05, 0.1) is 16.0 Å². The lowest BCUT2D eigenvalue weighted by Crippen LogP contribution is -2.26. The fraction of sp³-hybridized carbons (Fsp3) is 0.571. The zero-order valence-electron chi connectivity index (χ0n) is 16.0. The number of hydrogen-bond acceptors (Lipinski definition) is 4. The van der Waals surface area contributed by atoms with E-state index in [9.17, 15) is 4.79 Å². The van der Waals surface area contributed by atoms with Crippen molar-refractivity contribution >= 4 is 58.0 Å². The van der Waals surface area contributed by atoms with Crippen LogP contribution in [0.3, 0.4) is 0 Å². The van der Waals surface area contributed by atoms with Gasteiger partial charge in [-0.05, 0) is 40.8 Å². The zero-order valence-corrected chi connectivity index (χ0v) is 19.3. The Bertz CT molecular complexity index is 693. The number of carbonyl (C=O) groups excluding carboxylic acids is 1. The Labute approximate surface area is 176 Å². The summed E-state index contributed by atoms with van der Waals surface area (Å²) in [5, 5.41) is 0.750. The van der Waals surface area contributed by atoms with E-state index in [2.05, 4.69) is 55.6 Å². The van der Waals surface area contributed by atoms with Crippen LogP contribution in [-0.4, -0.2) is 12.6 Å². The van der Waals surface area contributed by atoms with Crippen molar-refractivity contribution in [1.82, 2.24) is 0 Å². The van der Waals surface area contributed by atoms with Gasteiger partial charge in [0, 0.05) is 14.7 Å². The van der Waals surface area contributed by atoms with E-state index in [-0.39, 0.29) is 5.97 Å². The number of rotatable bonds is 12. The molecule has 0 spiro atoms. The Morgan fingerprint density at radius 1 is 1.23 bits per heavy atom. The number of hydrogen-bond donors (Lipinski definition) is 1. The molecular weight excluding hydrogens is 428 g/mol. The van der Waals surface area contributed by atoms with Crippen molar-refractivity contribution in [2.45, 2.75) is 65.2 Å². The number of halogens is 1. The minimum atomic E-state index is -0.352. The maximum atomic E-state index is 12.7. The first-order chi connectivity index (χ1) is 12.4. The van der Waals surface area contributed by atoms with Gasteiger partial charge >= 0.3 is 5.97 Å². The van der Waals surface area contributed by atoms with Gasteiger partial charge in [-0.2, -0.15) is 0 Å². The van der Waals surface area contributed by atoms with E-state index in [0.29, 0.717) is 23.0 Å². The normalized spacial score (nSPS) is 13.4. The van der Waals surface area contributed by atoms with Crippen LogP contribution in [0.2, 0.25) is 0 Å². The molecule has 1 aromatic rings. The molecule has 2 nitrogen and oxygen atoms in total. The Balaban J connectivity index is 2.80. The van der Waals surface area contributed by atoms with Crippen LogP contribution in [0.1, 0.15) is 65.2 Å². The molecule has 0 radical (unpaired) electrons. The molecule has 1 atom stereocenters. The highest BCUT2D eigenvalue weighted by Crippen LogP contribution is 2.20. The summed E-state index contributed by atoms with van der Waals surface area (Å²) in [7, 11) is 0. The summed E-state index contributed by atoms with van der Waals surface area (Å²) in [5.41, 5.74) is 0.417. The summed E-state index contributed by atoms with van der Waals surface area (Å²) in [4.78, 5) is 13.1. The van der Waals surface area contributed by atoms with E-state index >= 15 is 0 Å². The molecule has 0 N–H and O–H groups in total. The standard InChI is InChI=1S/C21H31BrO2S2/c1-5-7-9-10-12-17(11-8-6-2)14-24-21(23)20(15(3)25)18-13-19(22)26-16(18)4/h13,17,25H,3-12,14H2,1-2H3/b20-18+. The fourth-order valence-corrected chi connectivity index (χ4v) is 4.63. The largest absolute Gasteiger partial charge is 0.462 e. The number of carbonyl (C=O) groups is 1. The van der Waals surface area contributed by atoms with Crippen LogP contribution in [0, 0.1) is 5.92 Å². The van der Waals surface area contributed by atoms with Crippen molar-refractivity contribution in [2.24, 2.45) is 5.92 Å². The van der Waals surface area contributed by atoms with E-state index in [1.54, 1.807) is 0 Å². The van der Waals surface area contributed by atoms with Crippen LogP contribution in [0.5, 0.6) is 0 Å². The summed E-state index contributed by atoms with van der Waals surface area (Å²) >= 11 is 9.24. The topological polar surface area (TPSA) is 26.3 Å². The van der Waals surface area contributed by atoms with Crippen LogP contribution >= 0.6 is 39.9 Å². The van der Waals surface area contributed by atoms with Gasteiger partial charge in [0.25, 0.3) is 0 Å². The molecule has 0 aliphatic rings. The van der Waals surface area contributed by atoms with Gasteiger partial charge in [0.2, 0.25) is 0 Å². The highest BCUT2D eigenvalue weighted by Gasteiger charge is 2.18. The molecule has 0 aromatic carbocycles. The van der Waals surface area contributed by atoms with Gasteiger partial charge in [0.1, 0.15) is 0 Å². The van der Waals surface area contributed by atoms with Crippen LogP contribution in [-0.2, 0) is 9.53 Å². The highest BCUT2D eigenvalue weighted by molar-refractivity contribution is 9.11. The molecule has 0 amide bonds. The first-order valence-electron chi connectivity index (χ1n) is 9.44. The second-order valence-electron chi connectivity index (χ2n) is 6.67. The Hall–Kier alpha value is -0.520. The SMILES string of the molecule is C=C(S)/C(C(=O)OCC(CCCC)CCCCCC)=c1/cc(Br)sc1=C.